The third-order valence-corrected chi connectivity index (χ3v) is 4.77. The average molecular weight is 377 g/mol. The van der Waals surface area contributed by atoms with Gasteiger partial charge in [-0.15, -0.1) is 0 Å². The molecule has 0 heterocycles. The van der Waals surface area contributed by atoms with Gasteiger partial charge in [-0.3, -0.25) is 4.79 Å². The lowest BCUT2D eigenvalue weighted by Crippen LogP contribution is -2.18. The molecule has 0 aromatic heterocycles. The second-order valence-corrected chi connectivity index (χ2v) is 6.83. The number of hydrogen-bond donors (Lipinski definition) is 1. The summed E-state index contributed by atoms with van der Waals surface area (Å²) in [6, 6.07) is 24.5. The predicted octanol–water partition coefficient (Wildman–Crippen LogP) is 5.38. The zero-order valence-electron chi connectivity index (χ0n) is 16.1. The fourth-order valence-electron chi connectivity index (χ4n) is 3.28. The van der Waals surface area contributed by atoms with Crippen molar-refractivity contribution < 1.29 is 13.9 Å². The summed E-state index contributed by atoms with van der Waals surface area (Å²) in [5, 5.41) is 3.49. The molecule has 4 heteroatoms. The maximum Gasteiger partial charge on any atom is 0.308 e. The smallest absolute Gasteiger partial charge is 0.308 e. The van der Waals surface area contributed by atoms with Gasteiger partial charge in [0.25, 0.3) is 0 Å². The van der Waals surface area contributed by atoms with E-state index < -0.39 is 0 Å². The van der Waals surface area contributed by atoms with Crippen LogP contribution in [0.3, 0.4) is 0 Å². The van der Waals surface area contributed by atoms with Gasteiger partial charge in [-0.2, -0.15) is 0 Å². The number of benzene rings is 3. The third-order valence-electron chi connectivity index (χ3n) is 4.77. The Balaban J connectivity index is 1.97. The molecule has 0 aliphatic heterocycles. The third kappa shape index (κ3) is 4.77. The molecule has 0 aliphatic rings. The van der Waals surface area contributed by atoms with Gasteiger partial charge >= 0.3 is 5.97 Å². The molecule has 144 valence electrons. The SMILES string of the molecule is COC(=O)C(C)Cc1ccc(F)cc1NC(c1ccccc1)c1ccccc1. The number of rotatable bonds is 7. The van der Waals surface area contributed by atoms with E-state index in [9.17, 15) is 9.18 Å². The van der Waals surface area contributed by atoms with E-state index in [4.69, 9.17) is 4.74 Å². The van der Waals surface area contributed by atoms with Crippen LogP contribution in [0.25, 0.3) is 0 Å². The van der Waals surface area contributed by atoms with Gasteiger partial charge in [-0.05, 0) is 35.2 Å². The highest BCUT2D eigenvalue weighted by Crippen LogP contribution is 2.30. The average Bonchev–Trinajstić information content (AvgIpc) is 2.74. The van der Waals surface area contributed by atoms with E-state index in [0.717, 1.165) is 16.7 Å². The number of carbonyl (C=O) groups is 1. The Morgan fingerprint density at radius 3 is 2.07 bits per heavy atom. The molecular formula is C24H24FNO2. The summed E-state index contributed by atoms with van der Waals surface area (Å²) < 4.78 is 18.9. The van der Waals surface area contributed by atoms with Gasteiger partial charge in [-0.25, -0.2) is 4.39 Å². The number of methoxy groups -OCH3 is 1. The number of hydrogen-bond acceptors (Lipinski definition) is 3. The van der Waals surface area contributed by atoms with Crippen LogP contribution in [-0.4, -0.2) is 13.1 Å². The van der Waals surface area contributed by atoms with Crippen molar-refractivity contribution in [1.82, 2.24) is 0 Å². The van der Waals surface area contributed by atoms with Gasteiger partial charge in [0, 0.05) is 5.69 Å². The van der Waals surface area contributed by atoms with E-state index >= 15 is 0 Å². The number of carbonyl (C=O) groups excluding carboxylic acids is 1. The van der Waals surface area contributed by atoms with Gasteiger partial charge in [-0.1, -0.05) is 73.7 Å². The van der Waals surface area contributed by atoms with Crippen molar-refractivity contribution in [3.05, 3.63) is 101 Å². The summed E-state index contributed by atoms with van der Waals surface area (Å²) in [7, 11) is 1.38. The number of ether oxygens (including phenoxy) is 1. The highest BCUT2D eigenvalue weighted by molar-refractivity contribution is 5.72. The monoisotopic (exact) mass is 377 g/mol. The minimum Gasteiger partial charge on any atom is -0.469 e. The van der Waals surface area contributed by atoms with Crippen LogP contribution in [0.2, 0.25) is 0 Å². The second kappa shape index (κ2) is 9.18. The Bertz CT molecular complexity index is 873. The largest absolute Gasteiger partial charge is 0.469 e. The van der Waals surface area contributed by atoms with Crippen LogP contribution in [0, 0.1) is 11.7 Å². The lowest BCUT2D eigenvalue weighted by Gasteiger charge is -2.23. The molecule has 3 aromatic rings. The molecule has 28 heavy (non-hydrogen) atoms. The molecular weight excluding hydrogens is 353 g/mol. The van der Waals surface area contributed by atoms with Crippen molar-refractivity contribution in [2.75, 3.05) is 12.4 Å². The van der Waals surface area contributed by atoms with Gasteiger partial charge in [0.2, 0.25) is 0 Å². The fraction of sp³-hybridized carbons (Fsp3) is 0.208. The molecule has 1 N–H and O–H groups in total. The van der Waals surface area contributed by atoms with E-state index in [0.29, 0.717) is 12.1 Å². The van der Waals surface area contributed by atoms with E-state index in [1.54, 1.807) is 6.07 Å². The molecule has 0 bridgehead atoms. The Kier molecular flexibility index (Phi) is 6.43. The molecule has 1 unspecified atom stereocenters. The van der Waals surface area contributed by atoms with Gasteiger partial charge < -0.3 is 10.1 Å². The van der Waals surface area contributed by atoms with Crippen LogP contribution in [-0.2, 0) is 16.0 Å². The number of nitrogens with one attached hydrogen (secondary N) is 1. The van der Waals surface area contributed by atoms with E-state index in [2.05, 4.69) is 5.32 Å². The van der Waals surface area contributed by atoms with Crippen molar-refractivity contribution in [3.63, 3.8) is 0 Å². The number of halogens is 1. The molecule has 3 aromatic carbocycles. The normalized spacial score (nSPS) is 11.9. The molecule has 0 aliphatic carbocycles. The summed E-state index contributed by atoms with van der Waals surface area (Å²) in [5.74, 6) is -0.919. The molecule has 0 radical (unpaired) electrons. The zero-order chi connectivity index (χ0) is 19.9. The Labute approximate surface area is 165 Å². The van der Waals surface area contributed by atoms with Crippen LogP contribution >= 0.6 is 0 Å². The first kappa shape index (κ1) is 19.6. The zero-order valence-corrected chi connectivity index (χ0v) is 16.1. The number of anilines is 1. The molecule has 3 nitrogen and oxygen atoms in total. The van der Waals surface area contributed by atoms with Crippen molar-refractivity contribution in [1.29, 1.82) is 0 Å². The quantitative estimate of drug-likeness (QED) is 0.562. The van der Waals surface area contributed by atoms with Crippen LogP contribution in [0.5, 0.6) is 0 Å². The maximum atomic E-state index is 14.0. The molecule has 3 rings (SSSR count). The molecule has 1 atom stereocenters. The topological polar surface area (TPSA) is 38.3 Å². The van der Waals surface area contributed by atoms with Crippen LogP contribution in [0.15, 0.2) is 78.9 Å². The van der Waals surface area contributed by atoms with Gasteiger partial charge in [0.15, 0.2) is 0 Å². The Hall–Kier alpha value is -3.14. The first-order valence-electron chi connectivity index (χ1n) is 9.31. The van der Waals surface area contributed by atoms with Crippen LogP contribution < -0.4 is 5.32 Å². The maximum absolute atomic E-state index is 14.0. The summed E-state index contributed by atoms with van der Waals surface area (Å²) in [4.78, 5) is 11.8. The first-order valence-corrected chi connectivity index (χ1v) is 9.31. The second-order valence-electron chi connectivity index (χ2n) is 6.83. The molecule has 0 saturated carbocycles. The van der Waals surface area contributed by atoms with Crippen molar-refractivity contribution >= 4 is 11.7 Å². The van der Waals surface area contributed by atoms with E-state index in [1.165, 1.54) is 19.2 Å². The summed E-state index contributed by atoms with van der Waals surface area (Å²) in [5.41, 5.74) is 3.69. The number of esters is 1. The van der Waals surface area contributed by atoms with Crippen molar-refractivity contribution in [3.8, 4) is 0 Å². The molecule has 0 spiro atoms. The van der Waals surface area contributed by atoms with Crippen molar-refractivity contribution in [2.24, 2.45) is 5.92 Å². The first-order chi connectivity index (χ1) is 13.6. The van der Waals surface area contributed by atoms with E-state index in [1.807, 2.05) is 67.6 Å². The van der Waals surface area contributed by atoms with Crippen molar-refractivity contribution in [2.45, 2.75) is 19.4 Å². The minimum absolute atomic E-state index is 0.142. The minimum atomic E-state index is -0.322. The van der Waals surface area contributed by atoms with Crippen LogP contribution in [0.1, 0.15) is 29.7 Å². The Morgan fingerprint density at radius 1 is 0.964 bits per heavy atom. The fourth-order valence-corrected chi connectivity index (χ4v) is 3.28. The van der Waals surface area contributed by atoms with Gasteiger partial charge in [0.1, 0.15) is 5.82 Å². The predicted molar refractivity (Wildman–Crippen MR) is 110 cm³/mol. The molecule has 0 saturated heterocycles. The van der Waals surface area contributed by atoms with E-state index in [-0.39, 0.29) is 23.7 Å². The summed E-state index contributed by atoms with van der Waals surface area (Å²) in [6.07, 6.45) is 0.464. The lowest BCUT2D eigenvalue weighted by atomic mass is 9.96. The summed E-state index contributed by atoms with van der Waals surface area (Å²) in [6.45, 7) is 1.81. The standard InChI is InChI=1S/C24H24FNO2/c1-17(24(27)28-2)15-20-13-14-21(25)16-22(20)26-23(18-9-5-3-6-10-18)19-11-7-4-8-12-19/h3-14,16-17,23,26H,15H2,1-2H3. The lowest BCUT2D eigenvalue weighted by molar-refractivity contribution is -0.144. The highest BCUT2D eigenvalue weighted by Gasteiger charge is 2.19. The highest BCUT2D eigenvalue weighted by atomic mass is 19.1. The Morgan fingerprint density at radius 2 is 1.54 bits per heavy atom. The molecule has 0 fully saturated rings. The van der Waals surface area contributed by atoms with Crippen LogP contribution in [0.4, 0.5) is 10.1 Å². The molecule has 0 amide bonds. The van der Waals surface area contributed by atoms with Gasteiger partial charge in [0.05, 0.1) is 19.1 Å². The summed E-state index contributed by atoms with van der Waals surface area (Å²) >= 11 is 0.